The summed E-state index contributed by atoms with van der Waals surface area (Å²) in [5.41, 5.74) is 5.23. The minimum atomic E-state index is -0.369. The van der Waals surface area contributed by atoms with Gasteiger partial charge >= 0.3 is 0 Å². The quantitative estimate of drug-likeness (QED) is 0.860. The van der Waals surface area contributed by atoms with Gasteiger partial charge in [0.2, 0.25) is 0 Å². The van der Waals surface area contributed by atoms with Gasteiger partial charge in [-0.3, -0.25) is 0 Å². The highest BCUT2D eigenvalue weighted by molar-refractivity contribution is 5.37. The molecule has 0 amide bonds. The van der Waals surface area contributed by atoms with Gasteiger partial charge < -0.3 is 10.0 Å². The van der Waals surface area contributed by atoms with Crippen LogP contribution in [0.4, 0.5) is 0 Å². The lowest BCUT2D eigenvalue weighted by atomic mass is 9.98. The topological polar surface area (TPSA) is 23.5 Å². The van der Waals surface area contributed by atoms with Crippen molar-refractivity contribution in [3.8, 4) is 0 Å². The van der Waals surface area contributed by atoms with Crippen molar-refractivity contribution >= 4 is 0 Å². The fraction of sp³-hybridized carbons (Fsp3) is 0.375. The smallest absolute Gasteiger partial charge is 0.0762 e. The van der Waals surface area contributed by atoms with E-state index in [-0.39, 0.29) is 6.10 Å². The zero-order valence-electron chi connectivity index (χ0n) is 10.8. The first-order chi connectivity index (χ1) is 8.74. The fourth-order valence-corrected chi connectivity index (χ4v) is 2.66. The summed E-state index contributed by atoms with van der Waals surface area (Å²) in [6.07, 6.45) is 8.25. The van der Waals surface area contributed by atoms with Crippen molar-refractivity contribution in [3.63, 3.8) is 0 Å². The molecule has 0 saturated heterocycles. The van der Waals surface area contributed by atoms with Crippen LogP contribution in [0, 0.1) is 0 Å². The predicted molar refractivity (Wildman–Crippen MR) is 73.3 cm³/mol. The summed E-state index contributed by atoms with van der Waals surface area (Å²) in [5.74, 6) is 0. The summed E-state index contributed by atoms with van der Waals surface area (Å²) < 4.78 is 0. The number of allylic oxidation sites excluding steroid dienone is 3. The number of aliphatic hydroxyl groups excluding tert-OH is 1. The van der Waals surface area contributed by atoms with E-state index in [9.17, 15) is 5.11 Å². The van der Waals surface area contributed by atoms with Gasteiger partial charge in [0.05, 0.1) is 6.10 Å². The van der Waals surface area contributed by atoms with Crippen LogP contribution in [0.5, 0.6) is 0 Å². The van der Waals surface area contributed by atoms with Crippen molar-refractivity contribution in [1.29, 1.82) is 0 Å². The van der Waals surface area contributed by atoms with Gasteiger partial charge in [-0.25, -0.2) is 0 Å². The van der Waals surface area contributed by atoms with E-state index in [1.165, 1.54) is 16.8 Å². The molecule has 1 aliphatic heterocycles. The average Bonchev–Trinajstić information content (AvgIpc) is 2.49. The summed E-state index contributed by atoms with van der Waals surface area (Å²) >= 11 is 0. The Morgan fingerprint density at radius 3 is 2.50 bits per heavy atom. The van der Waals surface area contributed by atoms with Gasteiger partial charge in [0.1, 0.15) is 0 Å². The Hall–Kier alpha value is -1.54. The predicted octanol–water partition coefficient (Wildman–Crippen LogP) is 2.59. The molecular weight excluding hydrogens is 222 g/mol. The highest BCUT2D eigenvalue weighted by Crippen LogP contribution is 2.24. The first-order valence-corrected chi connectivity index (χ1v) is 6.67. The molecule has 0 radical (unpaired) electrons. The van der Waals surface area contributed by atoms with E-state index in [1.807, 2.05) is 6.92 Å². The van der Waals surface area contributed by atoms with E-state index in [0.717, 1.165) is 31.5 Å². The van der Waals surface area contributed by atoms with Crippen LogP contribution < -0.4 is 0 Å². The second-order valence-corrected chi connectivity index (χ2v) is 5.14. The molecule has 1 aliphatic carbocycles. The molecule has 0 bridgehead atoms. The maximum absolute atomic E-state index is 9.65. The summed E-state index contributed by atoms with van der Waals surface area (Å²) in [6.45, 7) is 4.00. The highest BCUT2D eigenvalue weighted by atomic mass is 16.3. The number of rotatable bonds is 2. The summed E-state index contributed by atoms with van der Waals surface area (Å²) in [6, 6.07) is 6.42. The molecule has 0 spiro atoms. The summed E-state index contributed by atoms with van der Waals surface area (Å²) in [4.78, 5) is 2.45. The SMILES string of the molecule is CC(O)c1ccc2c(c1)CCN(C1=CC=C1)CC2. The van der Waals surface area contributed by atoms with Gasteiger partial charge in [-0.2, -0.15) is 0 Å². The second kappa shape index (κ2) is 4.62. The molecule has 1 atom stereocenters. The van der Waals surface area contributed by atoms with E-state index >= 15 is 0 Å². The Kier molecular flexibility index (Phi) is 2.96. The van der Waals surface area contributed by atoms with Gasteiger partial charge in [-0.15, -0.1) is 0 Å². The third-order valence-electron chi connectivity index (χ3n) is 3.91. The molecule has 0 fully saturated rings. The summed E-state index contributed by atoms with van der Waals surface area (Å²) in [5, 5.41) is 9.65. The molecule has 2 aliphatic rings. The van der Waals surface area contributed by atoms with Gasteiger partial charge in [0.25, 0.3) is 0 Å². The van der Waals surface area contributed by atoms with Crippen LogP contribution in [-0.4, -0.2) is 23.1 Å². The fourth-order valence-electron chi connectivity index (χ4n) is 2.66. The number of benzene rings is 1. The van der Waals surface area contributed by atoms with Crippen LogP contribution in [0.15, 0.2) is 42.1 Å². The lowest BCUT2D eigenvalue weighted by Crippen LogP contribution is -2.26. The zero-order chi connectivity index (χ0) is 12.5. The number of nitrogens with zero attached hydrogens (tertiary/aromatic N) is 1. The first kappa shape index (κ1) is 11.5. The Bertz CT molecular complexity index is 514. The van der Waals surface area contributed by atoms with Crippen LogP contribution in [0.25, 0.3) is 0 Å². The molecule has 1 aromatic rings. The van der Waals surface area contributed by atoms with Crippen molar-refractivity contribution in [1.82, 2.24) is 4.90 Å². The Morgan fingerprint density at radius 2 is 1.89 bits per heavy atom. The van der Waals surface area contributed by atoms with E-state index < -0.39 is 0 Å². The molecule has 1 unspecified atom stereocenters. The molecule has 18 heavy (non-hydrogen) atoms. The number of hydrogen-bond acceptors (Lipinski definition) is 2. The van der Waals surface area contributed by atoms with Gasteiger partial charge in [-0.05, 0) is 48.6 Å². The maximum atomic E-state index is 9.65. The monoisotopic (exact) mass is 241 g/mol. The third-order valence-corrected chi connectivity index (χ3v) is 3.91. The van der Waals surface area contributed by atoms with Crippen molar-refractivity contribution in [2.24, 2.45) is 0 Å². The molecule has 94 valence electrons. The Labute approximate surface area is 108 Å². The molecule has 2 nitrogen and oxygen atoms in total. The number of hydrogen-bond donors (Lipinski definition) is 1. The lowest BCUT2D eigenvalue weighted by molar-refractivity contribution is 0.199. The molecular formula is C16H19NO. The largest absolute Gasteiger partial charge is 0.389 e. The highest BCUT2D eigenvalue weighted by Gasteiger charge is 2.17. The van der Waals surface area contributed by atoms with Gasteiger partial charge in [0, 0.05) is 18.8 Å². The first-order valence-electron chi connectivity index (χ1n) is 6.67. The second-order valence-electron chi connectivity index (χ2n) is 5.14. The molecule has 3 rings (SSSR count). The maximum Gasteiger partial charge on any atom is 0.0762 e. The average molecular weight is 241 g/mol. The Balaban J connectivity index is 1.80. The number of aliphatic hydroxyl groups is 1. The van der Waals surface area contributed by atoms with Crippen LogP contribution in [0.3, 0.4) is 0 Å². The van der Waals surface area contributed by atoms with E-state index in [1.54, 1.807) is 0 Å². The van der Waals surface area contributed by atoms with Crippen LogP contribution >= 0.6 is 0 Å². The van der Waals surface area contributed by atoms with Gasteiger partial charge in [0.15, 0.2) is 0 Å². The zero-order valence-corrected chi connectivity index (χ0v) is 10.8. The van der Waals surface area contributed by atoms with Crippen molar-refractivity contribution in [3.05, 3.63) is 58.8 Å². The molecule has 1 aromatic carbocycles. The van der Waals surface area contributed by atoms with Crippen LogP contribution in [-0.2, 0) is 12.8 Å². The summed E-state index contributed by atoms with van der Waals surface area (Å²) in [7, 11) is 0. The molecule has 0 aromatic heterocycles. The minimum Gasteiger partial charge on any atom is -0.389 e. The van der Waals surface area contributed by atoms with Crippen molar-refractivity contribution in [2.75, 3.05) is 13.1 Å². The van der Waals surface area contributed by atoms with Crippen molar-refractivity contribution in [2.45, 2.75) is 25.9 Å². The molecule has 0 saturated carbocycles. The van der Waals surface area contributed by atoms with E-state index in [0.29, 0.717) is 0 Å². The lowest BCUT2D eigenvalue weighted by Gasteiger charge is -2.26. The van der Waals surface area contributed by atoms with Crippen molar-refractivity contribution < 1.29 is 5.11 Å². The standard InChI is InChI=1S/C16H19NO/c1-12(18)14-6-5-13-7-9-17(16-3-2-4-16)10-8-15(13)11-14/h2-6,11-12,18H,7-10H2,1H3. The normalized spacial score (nSPS) is 19.7. The van der Waals surface area contributed by atoms with Crippen LogP contribution in [0.1, 0.15) is 29.7 Å². The number of fused-ring (bicyclic) bond motifs is 1. The molecule has 1 N–H and O–H groups in total. The third kappa shape index (κ3) is 2.08. The van der Waals surface area contributed by atoms with Crippen LogP contribution in [0.2, 0.25) is 0 Å². The minimum absolute atomic E-state index is 0.369. The van der Waals surface area contributed by atoms with E-state index in [2.05, 4.69) is 41.3 Å². The molecule has 1 heterocycles. The van der Waals surface area contributed by atoms with Gasteiger partial charge in [-0.1, -0.05) is 24.3 Å². The molecule has 2 heteroatoms. The van der Waals surface area contributed by atoms with E-state index in [4.69, 9.17) is 0 Å². The Morgan fingerprint density at radius 1 is 1.17 bits per heavy atom.